The van der Waals surface area contributed by atoms with Crippen LogP contribution in [0, 0.1) is 0 Å². The Morgan fingerprint density at radius 3 is 2.32 bits per heavy atom. The summed E-state index contributed by atoms with van der Waals surface area (Å²) in [6, 6.07) is 10.2. The van der Waals surface area contributed by atoms with Crippen LogP contribution in [0.4, 0.5) is 5.69 Å². The monoisotopic (exact) mass is 425 g/mol. The lowest BCUT2D eigenvalue weighted by molar-refractivity contribution is -0.122. The van der Waals surface area contributed by atoms with Crippen molar-refractivity contribution in [3.05, 3.63) is 58.7 Å². The van der Waals surface area contributed by atoms with Crippen LogP contribution < -0.4 is 10.1 Å². The summed E-state index contributed by atoms with van der Waals surface area (Å²) in [6.45, 7) is 1.84. The molecule has 0 saturated carbocycles. The zero-order valence-corrected chi connectivity index (χ0v) is 18.0. The minimum atomic E-state index is -0.770. The van der Waals surface area contributed by atoms with E-state index in [0.29, 0.717) is 12.2 Å². The second kappa shape index (κ2) is 10.1. The predicted octanol–water partition coefficient (Wildman–Crippen LogP) is 3.93. The smallest absolute Gasteiger partial charge is 0.339 e. The largest absolute Gasteiger partial charge is 0.481 e. The summed E-state index contributed by atoms with van der Waals surface area (Å²) in [5.74, 6) is -0.994. The predicted molar refractivity (Wildman–Crippen MR) is 116 cm³/mol. The van der Waals surface area contributed by atoms with Gasteiger partial charge < -0.3 is 19.5 Å². The van der Waals surface area contributed by atoms with E-state index in [1.165, 1.54) is 50.0 Å². The molecule has 0 fully saturated rings. The van der Waals surface area contributed by atoms with Gasteiger partial charge in [-0.2, -0.15) is 0 Å². The average Bonchev–Trinajstić information content (AvgIpc) is 2.81. The van der Waals surface area contributed by atoms with E-state index in [0.717, 1.165) is 19.3 Å². The van der Waals surface area contributed by atoms with Crippen molar-refractivity contribution in [3.63, 3.8) is 0 Å². The van der Waals surface area contributed by atoms with Crippen molar-refractivity contribution in [2.45, 2.75) is 45.1 Å². The summed E-state index contributed by atoms with van der Waals surface area (Å²) in [5.41, 5.74) is 3.09. The summed E-state index contributed by atoms with van der Waals surface area (Å²) in [6.07, 6.45) is 4.08. The molecular formula is C24H27NO6. The fourth-order valence-electron chi connectivity index (χ4n) is 3.66. The Hall–Kier alpha value is -3.35. The number of aryl methyl sites for hydroxylation is 2. The Kier molecular flexibility index (Phi) is 7.28. The minimum absolute atomic E-state index is 0.132. The number of hydrogen-bond donors (Lipinski definition) is 1. The first-order valence-corrected chi connectivity index (χ1v) is 10.4. The van der Waals surface area contributed by atoms with Gasteiger partial charge in [0, 0.05) is 0 Å². The fraction of sp³-hybridized carbons (Fsp3) is 0.375. The highest BCUT2D eigenvalue weighted by Crippen LogP contribution is 2.27. The zero-order chi connectivity index (χ0) is 22.4. The first-order chi connectivity index (χ1) is 15.0. The van der Waals surface area contributed by atoms with Gasteiger partial charge >= 0.3 is 11.9 Å². The van der Waals surface area contributed by atoms with Crippen molar-refractivity contribution in [1.82, 2.24) is 0 Å². The number of rotatable bonds is 7. The van der Waals surface area contributed by atoms with Crippen molar-refractivity contribution < 1.29 is 28.6 Å². The molecule has 7 nitrogen and oxygen atoms in total. The molecule has 0 aromatic heterocycles. The maximum Gasteiger partial charge on any atom is 0.339 e. The number of nitrogens with one attached hydrogen (secondary N) is 1. The summed E-state index contributed by atoms with van der Waals surface area (Å²) >= 11 is 0. The normalized spacial score (nSPS) is 13.5. The second-order valence-corrected chi connectivity index (χ2v) is 7.39. The molecule has 31 heavy (non-hydrogen) atoms. The molecule has 0 saturated heterocycles. The maximum absolute atomic E-state index is 12.9. The third kappa shape index (κ3) is 5.23. The molecule has 7 heteroatoms. The highest BCUT2D eigenvalue weighted by molar-refractivity contribution is 6.04. The molecule has 1 aliphatic rings. The van der Waals surface area contributed by atoms with Crippen molar-refractivity contribution in [2.75, 3.05) is 19.5 Å². The highest BCUT2D eigenvalue weighted by atomic mass is 16.5. The van der Waals surface area contributed by atoms with Gasteiger partial charge in [0.05, 0.1) is 31.0 Å². The van der Waals surface area contributed by atoms with Crippen LogP contribution in [0.2, 0.25) is 0 Å². The average molecular weight is 425 g/mol. The van der Waals surface area contributed by atoms with Crippen LogP contribution in [0.1, 0.15) is 58.0 Å². The van der Waals surface area contributed by atoms with E-state index in [1.54, 1.807) is 0 Å². The van der Waals surface area contributed by atoms with Gasteiger partial charge in [-0.1, -0.05) is 13.0 Å². The van der Waals surface area contributed by atoms with Gasteiger partial charge in [-0.3, -0.25) is 4.79 Å². The Labute approximate surface area is 181 Å². The van der Waals surface area contributed by atoms with E-state index >= 15 is 0 Å². The number of esters is 2. The van der Waals surface area contributed by atoms with Crippen LogP contribution in [0.5, 0.6) is 5.75 Å². The van der Waals surface area contributed by atoms with Crippen molar-refractivity contribution in [3.8, 4) is 5.75 Å². The number of hydrogen-bond acceptors (Lipinski definition) is 6. The molecule has 3 rings (SSSR count). The quantitative estimate of drug-likeness (QED) is 0.676. The molecule has 2 aromatic rings. The number of methoxy groups -OCH3 is 2. The standard InChI is InChI=1S/C24H27NO6/c1-4-21(31-18-11-9-15-7-5-6-8-16(15)13-18)22(26)25-20-14-17(23(27)29-2)10-12-19(20)24(28)30-3/h9-14,21H,4-8H2,1-3H3,(H,25,26)/t21-/m0/s1. The van der Waals surface area contributed by atoms with Crippen LogP contribution in [-0.2, 0) is 27.1 Å². The van der Waals surface area contributed by atoms with Crippen molar-refractivity contribution in [1.29, 1.82) is 0 Å². The Bertz CT molecular complexity index is 984. The SMILES string of the molecule is CC[C@H](Oc1ccc2c(c1)CCCC2)C(=O)Nc1cc(C(=O)OC)ccc1C(=O)OC. The van der Waals surface area contributed by atoms with Gasteiger partial charge in [0.2, 0.25) is 0 Å². The van der Waals surface area contributed by atoms with Gasteiger partial charge in [0.15, 0.2) is 6.10 Å². The molecule has 1 atom stereocenters. The second-order valence-electron chi connectivity index (χ2n) is 7.39. The van der Waals surface area contributed by atoms with Crippen LogP contribution in [-0.4, -0.2) is 38.2 Å². The van der Waals surface area contributed by atoms with E-state index in [4.69, 9.17) is 14.2 Å². The first-order valence-electron chi connectivity index (χ1n) is 10.4. The van der Waals surface area contributed by atoms with Gasteiger partial charge in [-0.15, -0.1) is 0 Å². The lowest BCUT2D eigenvalue weighted by atomic mass is 9.92. The molecule has 0 bridgehead atoms. The first kappa shape index (κ1) is 22.3. The molecular weight excluding hydrogens is 398 g/mol. The zero-order valence-electron chi connectivity index (χ0n) is 18.0. The van der Waals surface area contributed by atoms with E-state index < -0.39 is 23.9 Å². The maximum atomic E-state index is 12.9. The number of fused-ring (bicyclic) bond motifs is 1. The van der Waals surface area contributed by atoms with E-state index in [-0.39, 0.29) is 16.8 Å². The number of amides is 1. The number of ether oxygens (including phenoxy) is 3. The van der Waals surface area contributed by atoms with Crippen LogP contribution in [0.3, 0.4) is 0 Å². The molecule has 0 spiro atoms. The molecule has 1 aliphatic carbocycles. The van der Waals surface area contributed by atoms with Crippen molar-refractivity contribution in [2.24, 2.45) is 0 Å². The molecule has 0 unspecified atom stereocenters. The van der Waals surface area contributed by atoms with E-state index in [2.05, 4.69) is 11.4 Å². The molecule has 0 heterocycles. The Balaban J connectivity index is 1.81. The topological polar surface area (TPSA) is 90.9 Å². The van der Waals surface area contributed by atoms with Gasteiger partial charge in [0.1, 0.15) is 5.75 Å². The van der Waals surface area contributed by atoms with Crippen LogP contribution in [0.25, 0.3) is 0 Å². The fourth-order valence-corrected chi connectivity index (χ4v) is 3.66. The van der Waals surface area contributed by atoms with E-state index in [1.807, 2.05) is 19.1 Å². The number of carbonyl (C=O) groups excluding carboxylic acids is 3. The Morgan fingerprint density at radius 1 is 0.935 bits per heavy atom. The third-order valence-electron chi connectivity index (χ3n) is 5.37. The lowest BCUT2D eigenvalue weighted by Crippen LogP contribution is -2.33. The summed E-state index contributed by atoms with van der Waals surface area (Å²) in [4.78, 5) is 36.9. The van der Waals surface area contributed by atoms with Gasteiger partial charge in [-0.25, -0.2) is 9.59 Å². The summed E-state index contributed by atoms with van der Waals surface area (Å²) < 4.78 is 15.5. The summed E-state index contributed by atoms with van der Waals surface area (Å²) in [7, 11) is 2.50. The number of anilines is 1. The molecule has 164 valence electrons. The Morgan fingerprint density at radius 2 is 1.65 bits per heavy atom. The highest BCUT2D eigenvalue weighted by Gasteiger charge is 2.23. The number of carbonyl (C=O) groups is 3. The minimum Gasteiger partial charge on any atom is -0.481 e. The number of benzene rings is 2. The molecule has 0 aliphatic heterocycles. The molecule has 2 aromatic carbocycles. The van der Waals surface area contributed by atoms with Crippen molar-refractivity contribution >= 4 is 23.5 Å². The lowest BCUT2D eigenvalue weighted by Gasteiger charge is -2.21. The van der Waals surface area contributed by atoms with Gasteiger partial charge in [0.25, 0.3) is 5.91 Å². The molecule has 1 N–H and O–H groups in total. The van der Waals surface area contributed by atoms with Crippen LogP contribution in [0.15, 0.2) is 36.4 Å². The molecule has 1 amide bonds. The van der Waals surface area contributed by atoms with Crippen LogP contribution >= 0.6 is 0 Å². The summed E-state index contributed by atoms with van der Waals surface area (Å²) in [5, 5.41) is 2.71. The van der Waals surface area contributed by atoms with Gasteiger partial charge in [-0.05, 0) is 73.6 Å². The molecule has 0 radical (unpaired) electrons. The third-order valence-corrected chi connectivity index (χ3v) is 5.37. The van der Waals surface area contributed by atoms with E-state index in [9.17, 15) is 14.4 Å².